The second kappa shape index (κ2) is 6.17. The van der Waals surface area contributed by atoms with Crippen LogP contribution in [0, 0.1) is 13.8 Å². The van der Waals surface area contributed by atoms with E-state index in [4.69, 9.17) is 0 Å². The summed E-state index contributed by atoms with van der Waals surface area (Å²) in [6, 6.07) is 3.70. The van der Waals surface area contributed by atoms with Crippen LogP contribution in [0.15, 0.2) is 16.9 Å². The van der Waals surface area contributed by atoms with Crippen LogP contribution in [0.3, 0.4) is 0 Å². The molecule has 5 nitrogen and oxygen atoms in total. The van der Waals surface area contributed by atoms with Gasteiger partial charge in [-0.05, 0) is 58.7 Å². The molecule has 6 heteroatoms. The van der Waals surface area contributed by atoms with Gasteiger partial charge in [0.05, 0.1) is 26.6 Å². The molecule has 2 aromatic rings. The Bertz CT molecular complexity index is 834. The first-order valence-electron chi connectivity index (χ1n) is 7.68. The molecule has 0 saturated heterocycles. The highest BCUT2D eigenvalue weighted by atomic mass is 32.2. The van der Waals surface area contributed by atoms with Crippen LogP contribution in [0.25, 0.3) is 10.9 Å². The molecule has 23 heavy (non-hydrogen) atoms. The molecule has 2 atom stereocenters. The number of hydrogen-bond donors (Lipinski definition) is 1. The molecule has 1 aromatic heterocycles. The molecule has 1 aromatic carbocycles. The SMILES string of the molecule is Cc1cc([C@@H](C)NS(=O)C(C)(C)C)c2nc(C)n(C)c(=O)c2c1. The Morgan fingerprint density at radius 2 is 1.87 bits per heavy atom. The number of rotatable bonds is 3. The monoisotopic (exact) mass is 335 g/mol. The fraction of sp³-hybridized carbons (Fsp3) is 0.529. The van der Waals surface area contributed by atoms with E-state index in [9.17, 15) is 9.00 Å². The van der Waals surface area contributed by atoms with E-state index >= 15 is 0 Å². The lowest BCUT2D eigenvalue weighted by Gasteiger charge is -2.23. The maximum Gasteiger partial charge on any atom is 0.261 e. The Labute approximate surface area is 139 Å². The number of nitrogens with zero attached hydrogens (tertiary/aromatic N) is 2. The van der Waals surface area contributed by atoms with Gasteiger partial charge in [0, 0.05) is 13.1 Å². The number of nitrogens with one attached hydrogen (secondary N) is 1. The van der Waals surface area contributed by atoms with E-state index in [0.717, 1.165) is 11.1 Å². The second-order valence-corrected chi connectivity index (χ2v) is 8.99. The van der Waals surface area contributed by atoms with Crippen LogP contribution in [0.5, 0.6) is 0 Å². The summed E-state index contributed by atoms with van der Waals surface area (Å²) in [5, 5.41) is 0.600. The first kappa shape index (κ1) is 17.8. The first-order chi connectivity index (χ1) is 10.5. The van der Waals surface area contributed by atoms with Crippen LogP contribution in [-0.4, -0.2) is 18.5 Å². The highest BCUT2D eigenvalue weighted by Crippen LogP contribution is 2.24. The van der Waals surface area contributed by atoms with Crippen molar-refractivity contribution in [3.63, 3.8) is 0 Å². The predicted octanol–water partition coefficient (Wildman–Crippen LogP) is 2.66. The third-order valence-corrected chi connectivity index (χ3v) is 5.56. The topological polar surface area (TPSA) is 64.0 Å². The molecule has 0 aliphatic heterocycles. The Kier molecular flexibility index (Phi) is 4.78. The largest absolute Gasteiger partial charge is 0.299 e. The van der Waals surface area contributed by atoms with E-state index in [1.165, 1.54) is 0 Å². The van der Waals surface area contributed by atoms with Gasteiger partial charge in [-0.3, -0.25) is 9.36 Å². The summed E-state index contributed by atoms with van der Waals surface area (Å²) < 4.78 is 16.7. The van der Waals surface area contributed by atoms with Crippen molar-refractivity contribution >= 4 is 21.9 Å². The lowest BCUT2D eigenvalue weighted by atomic mass is 10.0. The molecule has 0 spiro atoms. The van der Waals surface area contributed by atoms with E-state index in [0.29, 0.717) is 16.7 Å². The molecule has 1 heterocycles. The minimum atomic E-state index is -1.19. The Morgan fingerprint density at radius 3 is 2.43 bits per heavy atom. The molecule has 2 rings (SSSR count). The molecule has 0 fully saturated rings. The van der Waals surface area contributed by atoms with Crippen LogP contribution < -0.4 is 10.3 Å². The molecule has 0 aliphatic carbocycles. The summed E-state index contributed by atoms with van der Waals surface area (Å²) in [6.07, 6.45) is 0. The molecule has 0 saturated carbocycles. The quantitative estimate of drug-likeness (QED) is 0.938. The third-order valence-electron chi connectivity index (χ3n) is 3.88. The van der Waals surface area contributed by atoms with Crippen molar-refractivity contribution in [1.29, 1.82) is 0 Å². The van der Waals surface area contributed by atoms with Crippen molar-refractivity contribution in [3.8, 4) is 0 Å². The van der Waals surface area contributed by atoms with E-state index in [-0.39, 0.29) is 16.3 Å². The molecule has 1 N–H and O–H groups in total. The van der Waals surface area contributed by atoms with E-state index in [1.54, 1.807) is 11.6 Å². The highest BCUT2D eigenvalue weighted by molar-refractivity contribution is 7.84. The lowest BCUT2D eigenvalue weighted by molar-refractivity contribution is 0.617. The van der Waals surface area contributed by atoms with Gasteiger partial charge in [0.2, 0.25) is 0 Å². The Morgan fingerprint density at radius 1 is 1.26 bits per heavy atom. The summed E-state index contributed by atoms with van der Waals surface area (Å²) in [5.41, 5.74) is 2.52. The van der Waals surface area contributed by atoms with Gasteiger partial charge in [0.1, 0.15) is 5.82 Å². The standard InChI is InChI=1S/C17H25N3O2S/c1-10-8-13(11(2)19-23(22)17(4,5)6)15-14(9-10)16(21)20(7)12(3)18-15/h8-9,11,19H,1-7H3/t11-,23?/m1/s1. The fourth-order valence-electron chi connectivity index (χ4n) is 2.39. The zero-order chi connectivity index (χ0) is 17.5. The number of fused-ring (bicyclic) bond motifs is 1. The molecule has 0 radical (unpaired) electrons. The molecule has 0 bridgehead atoms. The fourth-order valence-corrected chi connectivity index (χ4v) is 3.19. The van der Waals surface area contributed by atoms with Crippen LogP contribution in [0.2, 0.25) is 0 Å². The summed E-state index contributed by atoms with van der Waals surface area (Å²) >= 11 is 0. The smallest absolute Gasteiger partial charge is 0.261 e. The zero-order valence-corrected chi connectivity index (χ0v) is 15.7. The average molecular weight is 335 g/mol. The Balaban J connectivity index is 2.61. The summed E-state index contributed by atoms with van der Waals surface area (Å²) in [6.45, 7) is 11.5. The number of hydrogen-bond acceptors (Lipinski definition) is 3. The first-order valence-corrected chi connectivity index (χ1v) is 8.83. The summed E-state index contributed by atoms with van der Waals surface area (Å²) in [4.78, 5) is 17.1. The Hall–Kier alpha value is -1.53. The van der Waals surface area contributed by atoms with Gasteiger partial charge < -0.3 is 0 Å². The van der Waals surface area contributed by atoms with Gasteiger partial charge >= 0.3 is 0 Å². The van der Waals surface area contributed by atoms with Crippen molar-refractivity contribution in [3.05, 3.63) is 39.4 Å². The predicted molar refractivity (Wildman–Crippen MR) is 95.9 cm³/mol. The molecule has 0 aliphatic rings. The maximum absolute atomic E-state index is 12.5. The van der Waals surface area contributed by atoms with Gasteiger partial charge in [0.25, 0.3) is 5.56 Å². The van der Waals surface area contributed by atoms with Gasteiger partial charge in [-0.15, -0.1) is 0 Å². The third kappa shape index (κ3) is 3.53. The minimum Gasteiger partial charge on any atom is -0.299 e. The van der Waals surface area contributed by atoms with Gasteiger partial charge in [-0.25, -0.2) is 13.9 Å². The molecular weight excluding hydrogens is 310 g/mol. The second-order valence-electron chi connectivity index (χ2n) is 6.99. The molecule has 0 amide bonds. The van der Waals surface area contributed by atoms with E-state index < -0.39 is 11.0 Å². The van der Waals surface area contributed by atoms with Crippen molar-refractivity contribution in [2.75, 3.05) is 0 Å². The summed E-state index contributed by atoms with van der Waals surface area (Å²) in [5.74, 6) is 0.664. The number of aromatic nitrogens is 2. The number of benzene rings is 1. The lowest BCUT2D eigenvalue weighted by Crippen LogP contribution is -2.35. The van der Waals surface area contributed by atoms with E-state index in [2.05, 4.69) is 9.71 Å². The average Bonchev–Trinajstić information content (AvgIpc) is 2.44. The zero-order valence-electron chi connectivity index (χ0n) is 14.9. The van der Waals surface area contributed by atoms with Crippen LogP contribution in [-0.2, 0) is 18.0 Å². The van der Waals surface area contributed by atoms with Crippen molar-refractivity contribution in [2.45, 2.75) is 52.3 Å². The molecule has 126 valence electrons. The van der Waals surface area contributed by atoms with Crippen LogP contribution in [0.4, 0.5) is 0 Å². The minimum absolute atomic E-state index is 0.0541. The van der Waals surface area contributed by atoms with Crippen LogP contribution in [0.1, 0.15) is 50.7 Å². The normalized spacial score (nSPS) is 14.9. The van der Waals surface area contributed by atoms with E-state index in [1.807, 2.05) is 53.7 Å². The van der Waals surface area contributed by atoms with Gasteiger partial charge in [-0.1, -0.05) is 6.07 Å². The molecule has 1 unspecified atom stereocenters. The number of aryl methyl sites for hydroxylation is 2. The van der Waals surface area contributed by atoms with Gasteiger partial charge in [-0.2, -0.15) is 0 Å². The molecular formula is C17H25N3O2S. The summed E-state index contributed by atoms with van der Waals surface area (Å²) in [7, 11) is 0.531. The van der Waals surface area contributed by atoms with Crippen molar-refractivity contribution in [2.24, 2.45) is 7.05 Å². The maximum atomic E-state index is 12.5. The van der Waals surface area contributed by atoms with Crippen LogP contribution >= 0.6 is 0 Å². The highest BCUT2D eigenvalue weighted by Gasteiger charge is 2.23. The van der Waals surface area contributed by atoms with Crippen molar-refractivity contribution < 1.29 is 4.21 Å². The van der Waals surface area contributed by atoms with Crippen molar-refractivity contribution in [1.82, 2.24) is 14.3 Å². The van der Waals surface area contributed by atoms with Gasteiger partial charge in [0.15, 0.2) is 0 Å².